The molecule has 0 bridgehead atoms. The quantitative estimate of drug-likeness (QED) is 0.0772. The maximum absolute atomic E-state index is 13.6. The van der Waals surface area contributed by atoms with Gasteiger partial charge in [0.1, 0.15) is 17.7 Å². The summed E-state index contributed by atoms with van der Waals surface area (Å²) in [5.74, 6) is 1.54. The summed E-state index contributed by atoms with van der Waals surface area (Å²) in [5, 5.41) is 14.9. The number of nitrogens with zero attached hydrogens (tertiary/aromatic N) is 5. The number of amides is 3. The molecule has 3 amide bonds. The van der Waals surface area contributed by atoms with Crippen molar-refractivity contribution < 1.29 is 24.2 Å². The predicted molar refractivity (Wildman–Crippen MR) is 254 cm³/mol. The van der Waals surface area contributed by atoms with Gasteiger partial charge in [0, 0.05) is 24.8 Å². The van der Waals surface area contributed by atoms with Gasteiger partial charge >= 0.3 is 12.2 Å². The standard InChI is InChI=1S/C51H67N9O5/c1-30(2)40(56-50(64)65-8)29-58-25-9-11-43(58)47-53-37-22-17-34(27-38(37)54-47)42-24-23-41(60(42)36-20-18-35(19-21-36)51(5,6)7)33-15-13-32(14-16-33)39-28-52-46(55-39)44-12-10-26-59(44)48(61)45(31(3)4)57-49(62)63/h13-22,27-28,30-31,40-45,57H,9-12,23-26,29H2,1-8H3,(H,52,55)(H,53,54)(H,56,64)(H,62,63). The monoisotopic (exact) mass is 886 g/mol. The fourth-order valence-corrected chi connectivity index (χ4v) is 10.3. The number of carboxylic acid groups (broad SMARTS) is 1. The summed E-state index contributed by atoms with van der Waals surface area (Å²) in [7, 11) is 1.41. The molecule has 3 saturated heterocycles. The minimum absolute atomic E-state index is 0.0335. The lowest BCUT2D eigenvalue weighted by Crippen LogP contribution is -2.50. The van der Waals surface area contributed by atoms with Crippen LogP contribution in [-0.2, 0) is 14.9 Å². The number of alkyl carbamates (subject to hydrolysis) is 1. The van der Waals surface area contributed by atoms with Gasteiger partial charge in [-0.05, 0) is 109 Å². The van der Waals surface area contributed by atoms with Crippen molar-refractivity contribution in [2.24, 2.45) is 11.8 Å². The Morgan fingerprint density at radius 3 is 2.14 bits per heavy atom. The van der Waals surface area contributed by atoms with Crippen molar-refractivity contribution in [3.63, 3.8) is 0 Å². The van der Waals surface area contributed by atoms with Gasteiger partial charge in [-0.15, -0.1) is 0 Å². The molecule has 3 aliphatic rings. The minimum atomic E-state index is -1.20. The molecule has 2 aromatic heterocycles. The van der Waals surface area contributed by atoms with Crippen LogP contribution in [0.3, 0.4) is 0 Å². The van der Waals surface area contributed by atoms with Crippen molar-refractivity contribution in [3.05, 3.63) is 101 Å². The average molecular weight is 886 g/mol. The zero-order chi connectivity index (χ0) is 46.2. The SMILES string of the molecule is COC(=O)NC(CN1CCCC1c1nc2ccc(C3CCC(c4ccc(-c5cnc(C6CCCN6C(=O)C(NC(=O)O)C(C)C)[nH]5)cc4)N3c3ccc(C(C)(C)C)cc3)cc2[nH]1)C(C)C. The minimum Gasteiger partial charge on any atom is -0.465 e. The van der Waals surface area contributed by atoms with Crippen LogP contribution in [0.25, 0.3) is 22.3 Å². The second-order valence-corrected chi connectivity index (χ2v) is 20.0. The molecule has 8 rings (SSSR count). The lowest BCUT2D eigenvalue weighted by atomic mass is 9.87. The number of aromatic nitrogens is 4. The number of anilines is 1. The molecule has 14 nitrogen and oxygen atoms in total. The smallest absolute Gasteiger partial charge is 0.407 e. The van der Waals surface area contributed by atoms with E-state index in [9.17, 15) is 19.5 Å². The van der Waals surface area contributed by atoms with E-state index in [-0.39, 0.29) is 53.4 Å². The molecule has 5 N–H and O–H groups in total. The van der Waals surface area contributed by atoms with E-state index in [2.05, 4.69) is 132 Å². The molecular formula is C51H67N9O5. The highest BCUT2D eigenvalue weighted by Gasteiger charge is 2.39. The number of nitrogens with one attached hydrogen (secondary N) is 4. The molecule has 0 aliphatic carbocycles. The molecule has 5 heterocycles. The molecule has 6 atom stereocenters. The Bertz CT molecular complexity index is 2450. The van der Waals surface area contributed by atoms with Crippen molar-refractivity contribution in [1.82, 2.24) is 40.4 Å². The van der Waals surface area contributed by atoms with Crippen molar-refractivity contribution >= 4 is 34.8 Å². The lowest BCUT2D eigenvalue weighted by Gasteiger charge is -2.34. The Morgan fingerprint density at radius 1 is 0.800 bits per heavy atom. The van der Waals surface area contributed by atoms with Crippen LogP contribution in [0, 0.1) is 11.8 Å². The maximum Gasteiger partial charge on any atom is 0.407 e. The molecule has 0 spiro atoms. The van der Waals surface area contributed by atoms with Gasteiger partial charge in [-0.25, -0.2) is 19.6 Å². The molecule has 0 saturated carbocycles. The fourth-order valence-electron chi connectivity index (χ4n) is 10.3. The van der Waals surface area contributed by atoms with Gasteiger partial charge in [-0.1, -0.05) is 90.9 Å². The molecular weight excluding hydrogens is 819 g/mol. The number of hydrogen-bond donors (Lipinski definition) is 5. The molecule has 3 aromatic carbocycles. The first-order chi connectivity index (χ1) is 31.1. The number of rotatable bonds is 13. The number of methoxy groups -OCH3 is 1. The third kappa shape index (κ3) is 9.73. The Balaban J connectivity index is 1.04. The van der Waals surface area contributed by atoms with Crippen molar-refractivity contribution in [2.75, 3.05) is 31.6 Å². The van der Waals surface area contributed by atoms with E-state index in [4.69, 9.17) is 14.7 Å². The summed E-state index contributed by atoms with van der Waals surface area (Å²) in [6.07, 6.45) is 5.87. The number of carbonyl (C=O) groups is 3. The Hall–Kier alpha value is -5.89. The second kappa shape index (κ2) is 18.9. The van der Waals surface area contributed by atoms with Crippen LogP contribution in [0.2, 0.25) is 0 Å². The Morgan fingerprint density at radius 2 is 1.48 bits per heavy atom. The third-order valence-electron chi connectivity index (χ3n) is 14.0. The highest BCUT2D eigenvalue weighted by Crippen LogP contribution is 2.48. The lowest BCUT2D eigenvalue weighted by molar-refractivity contribution is -0.135. The first-order valence-corrected chi connectivity index (χ1v) is 23.5. The molecule has 0 radical (unpaired) electrons. The van der Waals surface area contributed by atoms with Gasteiger partial charge in [0.05, 0.1) is 54.2 Å². The summed E-state index contributed by atoms with van der Waals surface area (Å²) < 4.78 is 4.93. The number of aromatic amines is 2. The van der Waals surface area contributed by atoms with E-state index >= 15 is 0 Å². The zero-order valence-corrected chi connectivity index (χ0v) is 39.2. The molecule has 3 fully saturated rings. The first-order valence-electron chi connectivity index (χ1n) is 23.5. The van der Waals surface area contributed by atoms with Crippen LogP contribution in [0.1, 0.15) is 139 Å². The molecule has 5 aromatic rings. The number of imidazole rings is 2. The highest BCUT2D eigenvalue weighted by atomic mass is 16.5. The summed E-state index contributed by atoms with van der Waals surface area (Å²) >= 11 is 0. The van der Waals surface area contributed by atoms with Crippen molar-refractivity contribution in [1.29, 1.82) is 0 Å². The van der Waals surface area contributed by atoms with Gasteiger partial charge in [0.25, 0.3) is 0 Å². The molecule has 346 valence electrons. The summed E-state index contributed by atoms with van der Waals surface area (Å²) in [5.41, 5.74) is 8.89. The van der Waals surface area contributed by atoms with Crippen LogP contribution < -0.4 is 15.5 Å². The van der Waals surface area contributed by atoms with Gasteiger partial charge in [-0.3, -0.25) is 9.69 Å². The van der Waals surface area contributed by atoms with E-state index < -0.39 is 18.2 Å². The van der Waals surface area contributed by atoms with Crippen molar-refractivity contribution in [3.8, 4) is 11.3 Å². The van der Waals surface area contributed by atoms with Crippen LogP contribution in [0.4, 0.5) is 15.3 Å². The third-order valence-corrected chi connectivity index (χ3v) is 14.0. The Labute approximate surface area is 382 Å². The number of benzene rings is 3. The average Bonchev–Trinajstić information content (AvgIpc) is 4.14. The van der Waals surface area contributed by atoms with Crippen LogP contribution in [0.5, 0.6) is 0 Å². The summed E-state index contributed by atoms with van der Waals surface area (Å²) in [6.45, 7) is 16.9. The van der Waals surface area contributed by atoms with Gasteiger partial charge in [0.15, 0.2) is 0 Å². The van der Waals surface area contributed by atoms with E-state index in [1.165, 1.54) is 29.5 Å². The predicted octanol–water partition coefficient (Wildman–Crippen LogP) is 9.81. The number of H-pyrrole nitrogens is 2. The first kappa shape index (κ1) is 45.7. The summed E-state index contributed by atoms with van der Waals surface area (Å²) in [4.78, 5) is 61.2. The maximum atomic E-state index is 13.6. The van der Waals surface area contributed by atoms with Crippen LogP contribution >= 0.6 is 0 Å². The molecule has 6 unspecified atom stereocenters. The van der Waals surface area contributed by atoms with E-state index in [0.717, 1.165) is 79.7 Å². The van der Waals surface area contributed by atoms with Gasteiger partial charge in [0.2, 0.25) is 5.91 Å². The van der Waals surface area contributed by atoms with Gasteiger partial charge in [-0.2, -0.15) is 0 Å². The number of hydrogen-bond acceptors (Lipinski definition) is 8. The fraction of sp³-hybridized carbons (Fsp3) is 0.510. The van der Waals surface area contributed by atoms with Crippen LogP contribution in [0.15, 0.2) is 72.9 Å². The van der Waals surface area contributed by atoms with Gasteiger partial charge < -0.3 is 40.2 Å². The number of fused-ring (bicyclic) bond motifs is 1. The molecule has 65 heavy (non-hydrogen) atoms. The zero-order valence-electron chi connectivity index (χ0n) is 39.2. The van der Waals surface area contributed by atoms with E-state index in [0.29, 0.717) is 12.4 Å². The molecule has 3 aliphatic heterocycles. The van der Waals surface area contributed by atoms with E-state index in [1.807, 2.05) is 20.0 Å². The highest BCUT2D eigenvalue weighted by molar-refractivity contribution is 5.86. The second-order valence-electron chi connectivity index (χ2n) is 20.0. The van der Waals surface area contributed by atoms with Crippen molar-refractivity contribution in [2.45, 2.75) is 129 Å². The number of ether oxygens (including phenoxy) is 1. The summed E-state index contributed by atoms with van der Waals surface area (Å²) in [6, 6.07) is 23.9. The topological polar surface area (TPSA) is 172 Å². The molecule has 14 heteroatoms. The largest absolute Gasteiger partial charge is 0.465 e. The van der Waals surface area contributed by atoms with Crippen LogP contribution in [-0.4, -0.2) is 91.8 Å². The normalized spacial score (nSPS) is 21.4. The Kier molecular flexibility index (Phi) is 13.3. The number of likely N-dealkylation sites (tertiary alicyclic amines) is 2. The van der Waals surface area contributed by atoms with E-state index in [1.54, 1.807) is 4.90 Å². The number of carbonyl (C=O) groups excluding carboxylic acids is 2.